The van der Waals surface area contributed by atoms with Gasteiger partial charge < -0.3 is 5.32 Å². The Labute approximate surface area is 177 Å². The molecule has 3 aromatic rings. The van der Waals surface area contributed by atoms with Gasteiger partial charge >= 0.3 is 0 Å². The summed E-state index contributed by atoms with van der Waals surface area (Å²) in [6, 6.07) is 18.3. The Kier molecular flexibility index (Phi) is 5.12. The first-order chi connectivity index (χ1) is 14.3. The van der Waals surface area contributed by atoms with E-state index >= 15 is 0 Å². The minimum absolute atomic E-state index is 0.227. The second-order valence-electron chi connectivity index (χ2n) is 7.56. The molecule has 0 saturated carbocycles. The van der Waals surface area contributed by atoms with Gasteiger partial charge in [0.1, 0.15) is 6.54 Å². The molecule has 5 nitrogen and oxygen atoms in total. The molecule has 30 heavy (non-hydrogen) atoms. The average molecular weight is 421 g/mol. The lowest BCUT2D eigenvalue weighted by Crippen LogP contribution is -2.40. The summed E-state index contributed by atoms with van der Waals surface area (Å²) in [6.07, 6.45) is 0.843. The van der Waals surface area contributed by atoms with Crippen LogP contribution < -0.4 is 9.62 Å². The van der Waals surface area contributed by atoms with E-state index in [-0.39, 0.29) is 17.3 Å². The number of aryl methyl sites for hydroxylation is 3. The van der Waals surface area contributed by atoms with Crippen molar-refractivity contribution in [3.63, 3.8) is 0 Å². The van der Waals surface area contributed by atoms with Crippen molar-refractivity contribution < 1.29 is 13.2 Å². The molecule has 0 atom stereocenters. The zero-order valence-electron chi connectivity index (χ0n) is 17.3. The van der Waals surface area contributed by atoms with Crippen LogP contribution >= 0.6 is 0 Å². The molecule has 1 N–H and O–H groups in total. The Hall–Kier alpha value is -3.12. The standard InChI is InChI=1S/C24H24N2O3S/c1-4-18-10-12-22-21(14-18)20-7-5-6-8-23(20)30(28,29)26(22)15-24(27)25-19-11-9-16(2)17(3)13-19/h5-14H,4,15H2,1-3H3,(H,25,27). The van der Waals surface area contributed by atoms with E-state index in [1.54, 1.807) is 18.2 Å². The predicted molar refractivity (Wildman–Crippen MR) is 120 cm³/mol. The molecule has 0 radical (unpaired) electrons. The highest BCUT2D eigenvalue weighted by Gasteiger charge is 2.35. The maximum absolute atomic E-state index is 13.4. The van der Waals surface area contributed by atoms with Crippen LogP contribution in [0.25, 0.3) is 11.1 Å². The fourth-order valence-corrected chi connectivity index (χ4v) is 5.37. The quantitative estimate of drug-likeness (QED) is 0.666. The maximum Gasteiger partial charge on any atom is 0.265 e. The molecular weight excluding hydrogens is 396 g/mol. The third-order valence-electron chi connectivity index (χ3n) is 5.56. The molecule has 1 aliphatic rings. The molecule has 0 fully saturated rings. The number of sulfonamides is 1. The molecule has 6 heteroatoms. The zero-order valence-corrected chi connectivity index (χ0v) is 18.1. The van der Waals surface area contributed by atoms with Gasteiger partial charge in [-0.15, -0.1) is 0 Å². The second kappa shape index (κ2) is 7.61. The maximum atomic E-state index is 13.4. The lowest BCUT2D eigenvalue weighted by Gasteiger charge is -2.32. The molecule has 1 heterocycles. The highest BCUT2D eigenvalue weighted by atomic mass is 32.2. The van der Waals surface area contributed by atoms with E-state index in [0.29, 0.717) is 16.9 Å². The van der Waals surface area contributed by atoms with Gasteiger partial charge in [0.05, 0.1) is 10.6 Å². The van der Waals surface area contributed by atoms with Gasteiger partial charge in [-0.05, 0) is 67.3 Å². The van der Waals surface area contributed by atoms with Crippen LogP contribution in [-0.2, 0) is 21.2 Å². The van der Waals surface area contributed by atoms with Crippen LogP contribution in [0.2, 0.25) is 0 Å². The summed E-state index contributed by atoms with van der Waals surface area (Å²) in [7, 11) is -3.85. The van der Waals surface area contributed by atoms with Gasteiger partial charge in [0, 0.05) is 16.8 Å². The summed E-state index contributed by atoms with van der Waals surface area (Å²) >= 11 is 0. The van der Waals surface area contributed by atoms with Crippen molar-refractivity contribution in [2.24, 2.45) is 0 Å². The summed E-state index contributed by atoms with van der Waals surface area (Å²) in [5.74, 6) is -0.383. The van der Waals surface area contributed by atoms with Crippen molar-refractivity contribution in [3.05, 3.63) is 77.4 Å². The smallest absolute Gasteiger partial charge is 0.265 e. The zero-order chi connectivity index (χ0) is 21.5. The third kappa shape index (κ3) is 3.48. The summed E-state index contributed by atoms with van der Waals surface area (Å²) in [5, 5.41) is 2.83. The largest absolute Gasteiger partial charge is 0.325 e. The van der Waals surface area contributed by atoms with Crippen molar-refractivity contribution in [3.8, 4) is 11.1 Å². The first-order valence-electron chi connectivity index (χ1n) is 9.93. The number of hydrogen-bond acceptors (Lipinski definition) is 3. The van der Waals surface area contributed by atoms with E-state index in [9.17, 15) is 13.2 Å². The van der Waals surface area contributed by atoms with E-state index in [1.165, 1.54) is 4.31 Å². The molecule has 154 valence electrons. The highest BCUT2D eigenvalue weighted by Crippen LogP contribution is 2.43. The van der Waals surface area contributed by atoms with Crippen LogP contribution in [-0.4, -0.2) is 20.9 Å². The van der Waals surface area contributed by atoms with Gasteiger partial charge in [0.2, 0.25) is 5.91 Å². The summed E-state index contributed by atoms with van der Waals surface area (Å²) in [6.45, 7) is 5.74. The Balaban J connectivity index is 1.72. The number of anilines is 2. The molecule has 0 aliphatic carbocycles. The van der Waals surface area contributed by atoms with Crippen LogP contribution in [0.15, 0.2) is 65.6 Å². The Morgan fingerprint density at radius 3 is 2.43 bits per heavy atom. The SMILES string of the molecule is CCc1ccc2c(c1)-c1ccccc1S(=O)(=O)N2CC(=O)Nc1ccc(C)c(C)c1. The number of benzene rings is 3. The molecular formula is C24H24N2O3S. The van der Waals surface area contributed by atoms with Crippen molar-refractivity contribution in [1.82, 2.24) is 0 Å². The van der Waals surface area contributed by atoms with Crippen molar-refractivity contribution >= 4 is 27.3 Å². The molecule has 3 aromatic carbocycles. The van der Waals surface area contributed by atoms with Crippen LogP contribution in [0.1, 0.15) is 23.6 Å². The minimum Gasteiger partial charge on any atom is -0.325 e. The van der Waals surface area contributed by atoms with Crippen LogP contribution in [0, 0.1) is 13.8 Å². The second-order valence-corrected chi connectivity index (χ2v) is 9.39. The lowest BCUT2D eigenvalue weighted by atomic mass is 9.99. The molecule has 0 aromatic heterocycles. The fraction of sp³-hybridized carbons (Fsp3) is 0.208. The fourth-order valence-electron chi connectivity index (χ4n) is 3.72. The Morgan fingerprint density at radius 1 is 0.933 bits per heavy atom. The predicted octanol–water partition coefficient (Wildman–Crippen LogP) is 4.68. The Bertz CT molecular complexity index is 1250. The number of amides is 1. The summed E-state index contributed by atoms with van der Waals surface area (Å²) in [5.41, 5.74) is 5.99. The van der Waals surface area contributed by atoms with E-state index in [1.807, 2.05) is 56.3 Å². The van der Waals surface area contributed by atoms with Gasteiger partial charge in [-0.25, -0.2) is 8.42 Å². The molecule has 1 amide bonds. The van der Waals surface area contributed by atoms with Crippen LogP contribution in [0.5, 0.6) is 0 Å². The number of fused-ring (bicyclic) bond motifs is 3. The van der Waals surface area contributed by atoms with E-state index < -0.39 is 10.0 Å². The number of rotatable bonds is 4. The topological polar surface area (TPSA) is 66.5 Å². The number of hydrogen-bond donors (Lipinski definition) is 1. The number of nitrogens with one attached hydrogen (secondary N) is 1. The molecule has 1 aliphatic heterocycles. The van der Waals surface area contributed by atoms with Crippen molar-refractivity contribution in [1.29, 1.82) is 0 Å². The minimum atomic E-state index is -3.85. The normalized spacial score (nSPS) is 14.0. The van der Waals surface area contributed by atoms with Crippen molar-refractivity contribution in [2.75, 3.05) is 16.2 Å². The van der Waals surface area contributed by atoms with Gasteiger partial charge in [0.15, 0.2) is 0 Å². The number of carbonyl (C=O) groups is 1. The van der Waals surface area contributed by atoms with Gasteiger partial charge in [-0.1, -0.05) is 37.3 Å². The van der Waals surface area contributed by atoms with Crippen LogP contribution in [0.4, 0.5) is 11.4 Å². The van der Waals surface area contributed by atoms with Gasteiger partial charge in [-0.3, -0.25) is 9.10 Å². The number of carbonyl (C=O) groups excluding carboxylic acids is 1. The van der Waals surface area contributed by atoms with Crippen molar-refractivity contribution in [2.45, 2.75) is 32.1 Å². The van der Waals surface area contributed by atoms with E-state index in [0.717, 1.165) is 28.7 Å². The van der Waals surface area contributed by atoms with Gasteiger partial charge in [-0.2, -0.15) is 0 Å². The summed E-state index contributed by atoms with van der Waals surface area (Å²) in [4.78, 5) is 13.0. The van der Waals surface area contributed by atoms with Crippen LogP contribution in [0.3, 0.4) is 0 Å². The highest BCUT2D eigenvalue weighted by molar-refractivity contribution is 7.93. The first kappa shape index (κ1) is 20.2. The van der Waals surface area contributed by atoms with Gasteiger partial charge in [0.25, 0.3) is 10.0 Å². The van der Waals surface area contributed by atoms with E-state index in [2.05, 4.69) is 12.2 Å². The molecule has 0 saturated heterocycles. The summed E-state index contributed by atoms with van der Waals surface area (Å²) < 4.78 is 27.9. The molecule has 0 spiro atoms. The third-order valence-corrected chi connectivity index (χ3v) is 7.38. The Morgan fingerprint density at radius 2 is 1.70 bits per heavy atom. The lowest BCUT2D eigenvalue weighted by molar-refractivity contribution is -0.114. The molecule has 4 rings (SSSR count). The number of nitrogens with zero attached hydrogens (tertiary/aromatic N) is 1. The monoisotopic (exact) mass is 420 g/mol. The van der Waals surface area contributed by atoms with E-state index in [4.69, 9.17) is 0 Å². The molecule has 0 unspecified atom stereocenters. The molecule has 0 bridgehead atoms. The first-order valence-corrected chi connectivity index (χ1v) is 11.4. The average Bonchev–Trinajstić information content (AvgIpc) is 2.73.